The summed E-state index contributed by atoms with van der Waals surface area (Å²) in [6.07, 6.45) is 0.537. The van der Waals surface area contributed by atoms with E-state index in [0.717, 1.165) is 11.1 Å². The Morgan fingerprint density at radius 2 is 1.95 bits per heavy atom. The van der Waals surface area contributed by atoms with Crippen molar-refractivity contribution < 1.29 is 9.53 Å². The summed E-state index contributed by atoms with van der Waals surface area (Å²) < 4.78 is 4.47. The van der Waals surface area contributed by atoms with Crippen LogP contribution < -0.4 is 5.32 Å². The van der Waals surface area contributed by atoms with Crippen LogP contribution >= 0.6 is 23.2 Å². The molecule has 0 saturated heterocycles. The fourth-order valence-electron chi connectivity index (χ4n) is 1.78. The molecule has 0 aliphatic heterocycles. The first-order chi connectivity index (χ1) is 9.03. The minimum Gasteiger partial charge on any atom is -0.377 e. The molecule has 1 aromatic carbocycles. The Balaban J connectivity index is 1.78. The van der Waals surface area contributed by atoms with E-state index in [2.05, 4.69) is 5.32 Å². The van der Waals surface area contributed by atoms with Crippen molar-refractivity contribution in [3.8, 4) is 0 Å². The third-order valence-electron chi connectivity index (χ3n) is 3.11. The van der Waals surface area contributed by atoms with Crippen LogP contribution in [0.2, 0.25) is 0 Å². The van der Waals surface area contributed by atoms with Gasteiger partial charge in [0.1, 0.15) is 4.33 Å². The highest BCUT2D eigenvalue weighted by Gasteiger charge is 2.56. The average molecular weight is 302 g/mol. The zero-order chi connectivity index (χ0) is 13.9. The zero-order valence-corrected chi connectivity index (χ0v) is 12.3. The van der Waals surface area contributed by atoms with Crippen molar-refractivity contribution in [2.24, 2.45) is 5.92 Å². The smallest absolute Gasteiger partial charge is 0.226 e. The molecule has 0 aromatic heterocycles. The lowest BCUT2D eigenvalue weighted by molar-refractivity contribution is -0.122. The first kappa shape index (κ1) is 14.6. The molecule has 1 aliphatic carbocycles. The number of ether oxygens (including phenoxy) is 1. The molecule has 104 valence electrons. The maximum absolute atomic E-state index is 11.7. The highest BCUT2D eigenvalue weighted by molar-refractivity contribution is 6.52. The molecule has 5 heteroatoms. The summed E-state index contributed by atoms with van der Waals surface area (Å²) in [5.41, 5.74) is 2.17. The maximum Gasteiger partial charge on any atom is 0.226 e. The molecule has 0 heterocycles. The van der Waals surface area contributed by atoms with Gasteiger partial charge in [-0.25, -0.2) is 0 Å². The summed E-state index contributed by atoms with van der Waals surface area (Å²) in [7, 11) is 0. The monoisotopic (exact) mass is 301 g/mol. The van der Waals surface area contributed by atoms with E-state index in [0.29, 0.717) is 26.2 Å². The van der Waals surface area contributed by atoms with Crippen molar-refractivity contribution in [2.45, 2.75) is 30.8 Å². The van der Waals surface area contributed by atoms with Gasteiger partial charge in [0, 0.05) is 13.2 Å². The predicted molar refractivity (Wildman–Crippen MR) is 76.2 cm³/mol. The number of halogens is 2. The third-order valence-corrected chi connectivity index (χ3v) is 3.94. The molecule has 0 spiro atoms. The Morgan fingerprint density at radius 3 is 2.47 bits per heavy atom. The van der Waals surface area contributed by atoms with E-state index in [1.807, 2.05) is 31.2 Å². The molecule has 19 heavy (non-hydrogen) atoms. The number of amides is 1. The molecule has 0 bridgehead atoms. The second kappa shape index (κ2) is 6.12. The van der Waals surface area contributed by atoms with E-state index in [4.69, 9.17) is 27.9 Å². The van der Waals surface area contributed by atoms with Crippen molar-refractivity contribution in [1.29, 1.82) is 0 Å². The van der Waals surface area contributed by atoms with Crippen LogP contribution in [0.5, 0.6) is 0 Å². The fraction of sp³-hybridized carbons (Fsp3) is 0.500. The highest BCUT2D eigenvalue weighted by Crippen LogP contribution is 2.53. The Labute approximate surface area is 123 Å². The topological polar surface area (TPSA) is 38.3 Å². The summed E-state index contributed by atoms with van der Waals surface area (Å²) >= 11 is 11.7. The lowest BCUT2D eigenvalue weighted by Crippen LogP contribution is -2.26. The lowest BCUT2D eigenvalue weighted by Gasteiger charge is -2.07. The van der Waals surface area contributed by atoms with Crippen molar-refractivity contribution in [1.82, 2.24) is 5.32 Å². The number of hydrogen-bond donors (Lipinski definition) is 1. The largest absolute Gasteiger partial charge is 0.377 e. The number of nitrogens with one attached hydrogen (secondary N) is 1. The van der Waals surface area contributed by atoms with E-state index in [1.165, 1.54) is 0 Å². The number of carbonyl (C=O) groups is 1. The van der Waals surface area contributed by atoms with Gasteiger partial charge in [0.15, 0.2) is 0 Å². The molecule has 1 saturated carbocycles. The number of hydrogen-bond acceptors (Lipinski definition) is 2. The highest BCUT2D eigenvalue weighted by atomic mass is 35.5. The van der Waals surface area contributed by atoms with Gasteiger partial charge in [0.25, 0.3) is 0 Å². The second-order valence-corrected chi connectivity index (χ2v) is 6.23. The summed E-state index contributed by atoms with van der Waals surface area (Å²) in [5, 5.41) is 2.84. The van der Waals surface area contributed by atoms with Gasteiger partial charge < -0.3 is 10.1 Å². The summed E-state index contributed by atoms with van der Waals surface area (Å²) in [4.78, 5) is 11.7. The quantitative estimate of drug-likeness (QED) is 0.820. The van der Waals surface area contributed by atoms with Crippen LogP contribution in [0.25, 0.3) is 0 Å². The van der Waals surface area contributed by atoms with Crippen molar-refractivity contribution in [3.63, 3.8) is 0 Å². The fourth-order valence-corrected chi connectivity index (χ4v) is 2.29. The van der Waals surface area contributed by atoms with Crippen LogP contribution in [0.3, 0.4) is 0 Å². The van der Waals surface area contributed by atoms with Crippen LogP contribution in [0.15, 0.2) is 24.3 Å². The molecule has 2 rings (SSSR count). The molecule has 3 nitrogen and oxygen atoms in total. The van der Waals surface area contributed by atoms with Gasteiger partial charge >= 0.3 is 0 Å². The molecular weight excluding hydrogens is 285 g/mol. The molecule has 1 fully saturated rings. The van der Waals surface area contributed by atoms with Gasteiger partial charge in [-0.3, -0.25) is 4.79 Å². The van der Waals surface area contributed by atoms with Gasteiger partial charge in [0.05, 0.1) is 12.5 Å². The number of benzene rings is 1. The van der Waals surface area contributed by atoms with Crippen molar-refractivity contribution in [3.05, 3.63) is 35.4 Å². The maximum atomic E-state index is 11.7. The van der Waals surface area contributed by atoms with Gasteiger partial charge in [-0.2, -0.15) is 0 Å². The van der Waals surface area contributed by atoms with Gasteiger partial charge in [-0.15, -0.1) is 23.2 Å². The van der Waals surface area contributed by atoms with E-state index in [-0.39, 0.29) is 11.8 Å². The second-order valence-electron chi connectivity index (χ2n) is 4.69. The van der Waals surface area contributed by atoms with E-state index >= 15 is 0 Å². The first-order valence-corrected chi connectivity index (χ1v) is 7.09. The molecule has 1 amide bonds. The lowest BCUT2D eigenvalue weighted by atomic mass is 10.1. The summed E-state index contributed by atoms with van der Waals surface area (Å²) in [6.45, 7) is 3.79. The Bertz CT molecular complexity index is 445. The van der Waals surface area contributed by atoms with Crippen LogP contribution in [-0.4, -0.2) is 16.8 Å². The Kier molecular flexibility index (Phi) is 4.71. The van der Waals surface area contributed by atoms with Crippen molar-refractivity contribution >= 4 is 29.1 Å². The van der Waals surface area contributed by atoms with E-state index < -0.39 is 4.33 Å². The standard InChI is InChI=1S/C14H17Cl2NO2/c1-2-19-9-11-5-3-10(4-6-11)8-17-13(18)12-7-14(12,15)16/h3-6,12H,2,7-9H2,1H3,(H,17,18). The van der Waals surface area contributed by atoms with Crippen LogP contribution in [0.4, 0.5) is 0 Å². The molecule has 1 aliphatic rings. The number of rotatable bonds is 6. The van der Waals surface area contributed by atoms with Gasteiger partial charge in [-0.1, -0.05) is 24.3 Å². The molecular formula is C14H17Cl2NO2. The molecule has 1 aromatic rings. The summed E-state index contributed by atoms with van der Waals surface area (Å²) in [6, 6.07) is 7.97. The van der Waals surface area contributed by atoms with Gasteiger partial charge in [0.2, 0.25) is 5.91 Å². The van der Waals surface area contributed by atoms with Gasteiger partial charge in [-0.05, 0) is 24.5 Å². The molecule has 0 radical (unpaired) electrons. The SMILES string of the molecule is CCOCc1ccc(CNC(=O)C2CC2(Cl)Cl)cc1. The number of alkyl halides is 2. The molecule has 1 unspecified atom stereocenters. The Morgan fingerprint density at radius 1 is 1.37 bits per heavy atom. The summed E-state index contributed by atoms with van der Waals surface area (Å²) in [5.74, 6) is -0.351. The molecule has 1 N–H and O–H groups in total. The minimum absolute atomic E-state index is 0.0802. The van der Waals surface area contributed by atoms with E-state index in [9.17, 15) is 4.79 Å². The van der Waals surface area contributed by atoms with Crippen molar-refractivity contribution in [2.75, 3.05) is 6.61 Å². The normalized spacial score (nSPS) is 20.1. The minimum atomic E-state index is -0.856. The van der Waals surface area contributed by atoms with Crippen LogP contribution in [0, 0.1) is 5.92 Å². The first-order valence-electron chi connectivity index (χ1n) is 6.34. The zero-order valence-electron chi connectivity index (χ0n) is 10.8. The van der Waals surface area contributed by atoms with Crippen LogP contribution in [-0.2, 0) is 22.7 Å². The third kappa shape index (κ3) is 4.10. The molecule has 1 atom stereocenters. The van der Waals surface area contributed by atoms with E-state index in [1.54, 1.807) is 0 Å². The Hall–Kier alpha value is -0.770. The number of carbonyl (C=O) groups excluding carboxylic acids is 1. The predicted octanol–water partition coefficient (Wildman–Crippen LogP) is 3.03. The van der Waals surface area contributed by atoms with Crippen LogP contribution in [0.1, 0.15) is 24.5 Å². The average Bonchev–Trinajstić information content (AvgIpc) is 3.04.